The fraction of sp³-hybridized carbons (Fsp3) is 0.692. The molecule has 2 heteroatoms. The van der Waals surface area contributed by atoms with Gasteiger partial charge in [0.05, 0.1) is 0 Å². The van der Waals surface area contributed by atoms with Crippen LogP contribution in [-0.4, -0.2) is 12.6 Å². The van der Waals surface area contributed by atoms with Crippen LogP contribution in [0.4, 0.5) is 0 Å². The Morgan fingerprint density at radius 2 is 2.20 bits per heavy atom. The van der Waals surface area contributed by atoms with Gasteiger partial charge in [0, 0.05) is 6.04 Å². The van der Waals surface area contributed by atoms with Gasteiger partial charge < -0.3 is 5.32 Å². The summed E-state index contributed by atoms with van der Waals surface area (Å²) in [6.07, 6.45) is 6.55. The summed E-state index contributed by atoms with van der Waals surface area (Å²) < 4.78 is 0. The summed E-state index contributed by atoms with van der Waals surface area (Å²) in [5, 5.41) is 7.99. The number of rotatable bonds is 8. The van der Waals surface area contributed by atoms with Gasteiger partial charge in [-0.1, -0.05) is 26.2 Å². The summed E-state index contributed by atoms with van der Waals surface area (Å²) in [4.78, 5) is 0. The number of hydrogen-bond donors (Lipinski definition) is 1. The molecule has 1 aromatic rings. The maximum atomic E-state index is 3.58. The third-order valence-corrected chi connectivity index (χ3v) is 3.38. The molecule has 0 amide bonds. The van der Waals surface area contributed by atoms with Crippen LogP contribution in [0.5, 0.6) is 0 Å². The Hall–Kier alpha value is -0.340. The smallest absolute Gasteiger partial charge is 0.00794 e. The molecule has 1 rings (SSSR count). The molecule has 0 aliphatic carbocycles. The molecule has 0 aliphatic heterocycles. The molecule has 0 saturated carbocycles. The fourth-order valence-corrected chi connectivity index (χ4v) is 2.42. The Balaban J connectivity index is 2.01. The molecule has 1 nitrogen and oxygen atoms in total. The standard InChI is InChI=1S/C13H23NS/c1-3-4-5-6-8-14-12(2)10-13-7-9-15-11-13/h7,9,11-12,14H,3-6,8,10H2,1-2H3. The SMILES string of the molecule is CCCCCCNC(C)Cc1ccsc1. The number of unbranched alkanes of at least 4 members (excludes halogenated alkanes) is 3. The molecule has 0 aromatic carbocycles. The second-order valence-corrected chi connectivity index (χ2v) is 5.03. The quantitative estimate of drug-likeness (QED) is 0.663. The molecule has 86 valence electrons. The number of hydrogen-bond acceptors (Lipinski definition) is 2. The van der Waals surface area contributed by atoms with E-state index in [-0.39, 0.29) is 0 Å². The fourth-order valence-electron chi connectivity index (χ4n) is 1.73. The van der Waals surface area contributed by atoms with E-state index >= 15 is 0 Å². The molecule has 0 aliphatic rings. The average Bonchev–Trinajstić information content (AvgIpc) is 2.70. The lowest BCUT2D eigenvalue weighted by atomic mass is 10.1. The van der Waals surface area contributed by atoms with Crippen LogP contribution in [0, 0.1) is 0 Å². The van der Waals surface area contributed by atoms with Gasteiger partial charge in [-0.05, 0) is 48.7 Å². The first-order chi connectivity index (χ1) is 7.33. The summed E-state index contributed by atoms with van der Waals surface area (Å²) in [5.74, 6) is 0. The van der Waals surface area contributed by atoms with Crippen LogP contribution in [0.2, 0.25) is 0 Å². The van der Waals surface area contributed by atoms with E-state index in [1.807, 2.05) is 0 Å². The van der Waals surface area contributed by atoms with Gasteiger partial charge in [0.2, 0.25) is 0 Å². The Morgan fingerprint density at radius 1 is 1.33 bits per heavy atom. The molecular weight excluding hydrogens is 202 g/mol. The van der Waals surface area contributed by atoms with E-state index in [1.165, 1.54) is 37.8 Å². The molecule has 0 fully saturated rings. The molecule has 0 saturated heterocycles. The molecule has 0 spiro atoms. The highest BCUT2D eigenvalue weighted by Crippen LogP contribution is 2.08. The van der Waals surface area contributed by atoms with Crippen LogP contribution in [0.25, 0.3) is 0 Å². The topological polar surface area (TPSA) is 12.0 Å². The summed E-state index contributed by atoms with van der Waals surface area (Å²) in [7, 11) is 0. The normalized spacial score (nSPS) is 12.9. The lowest BCUT2D eigenvalue weighted by molar-refractivity contribution is 0.518. The summed E-state index contributed by atoms with van der Waals surface area (Å²) in [6.45, 7) is 5.70. The molecule has 0 bridgehead atoms. The predicted molar refractivity (Wildman–Crippen MR) is 69.6 cm³/mol. The first-order valence-electron chi connectivity index (χ1n) is 6.07. The van der Waals surface area contributed by atoms with Gasteiger partial charge in [-0.3, -0.25) is 0 Å². The number of thiophene rings is 1. The van der Waals surface area contributed by atoms with E-state index in [1.54, 1.807) is 11.3 Å². The van der Waals surface area contributed by atoms with Crippen LogP contribution in [0.1, 0.15) is 45.1 Å². The van der Waals surface area contributed by atoms with Crippen molar-refractivity contribution in [1.29, 1.82) is 0 Å². The van der Waals surface area contributed by atoms with Gasteiger partial charge in [-0.15, -0.1) is 0 Å². The van der Waals surface area contributed by atoms with E-state index in [0.717, 1.165) is 6.42 Å². The second kappa shape index (κ2) is 7.89. The summed E-state index contributed by atoms with van der Waals surface area (Å²) >= 11 is 1.79. The zero-order valence-corrected chi connectivity index (χ0v) is 10.8. The highest BCUT2D eigenvalue weighted by Gasteiger charge is 2.02. The van der Waals surface area contributed by atoms with Crippen molar-refractivity contribution in [1.82, 2.24) is 5.32 Å². The van der Waals surface area contributed by atoms with Gasteiger partial charge >= 0.3 is 0 Å². The second-order valence-electron chi connectivity index (χ2n) is 4.25. The van der Waals surface area contributed by atoms with Crippen molar-refractivity contribution in [2.24, 2.45) is 0 Å². The molecule has 0 radical (unpaired) electrons. The van der Waals surface area contributed by atoms with Gasteiger partial charge in [0.15, 0.2) is 0 Å². The highest BCUT2D eigenvalue weighted by molar-refractivity contribution is 7.07. The third-order valence-electron chi connectivity index (χ3n) is 2.65. The van der Waals surface area contributed by atoms with Crippen molar-refractivity contribution < 1.29 is 0 Å². The largest absolute Gasteiger partial charge is 0.314 e. The minimum Gasteiger partial charge on any atom is -0.314 e. The van der Waals surface area contributed by atoms with Crippen molar-refractivity contribution in [2.75, 3.05) is 6.54 Å². The average molecular weight is 225 g/mol. The van der Waals surface area contributed by atoms with Crippen molar-refractivity contribution in [3.05, 3.63) is 22.4 Å². The third kappa shape index (κ3) is 5.95. The lowest BCUT2D eigenvalue weighted by Gasteiger charge is -2.12. The van der Waals surface area contributed by atoms with Crippen LogP contribution in [0.15, 0.2) is 16.8 Å². The lowest BCUT2D eigenvalue weighted by Crippen LogP contribution is -2.28. The Labute approximate surface area is 97.9 Å². The maximum absolute atomic E-state index is 3.58. The molecule has 1 atom stereocenters. The van der Waals surface area contributed by atoms with Crippen LogP contribution >= 0.6 is 11.3 Å². The van der Waals surface area contributed by atoms with E-state index in [9.17, 15) is 0 Å². The summed E-state index contributed by atoms with van der Waals surface area (Å²) in [5.41, 5.74) is 1.47. The Bertz CT molecular complexity index is 231. The van der Waals surface area contributed by atoms with Crippen LogP contribution in [0.3, 0.4) is 0 Å². The van der Waals surface area contributed by atoms with Crippen LogP contribution in [-0.2, 0) is 6.42 Å². The van der Waals surface area contributed by atoms with Gasteiger partial charge in [0.1, 0.15) is 0 Å². The first-order valence-corrected chi connectivity index (χ1v) is 7.01. The predicted octanol–water partition coefficient (Wildman–Crippen LogP) is 3.85. The zero-order valence-electron chi connectivity index (χ0n) is 9.96. The molecule has 1 N–H and O–H groups in total. The van der Waals surface area contributed by atoms with Gasteiger partial charge in [0.25, 0.3) is 0 Å². The molecule has 15 heavy (non-hydrogen) atoms. The van der Waals surface area contributed by atoms with Gasteiger partial charge in [-0.2, -0.15) is 11.3 Å². The Kier molecular flexibility index (Phi) is 6.69. The van der Waals surface area contributed by atoms with E-state index in [0.29, 0.717) is 6.04 Å². The van der Waals surface area contributed by atoms with Crippen molar-refractivity contribution in [3.8, 4) is 0 Å². The van der Waals surface area contributed by atoms with E-state index in [2.05, 4.69) is 36.0 Å². The van der Waals surface area contributed by atoms with Crippen molar-refractivity contribution in [3.63, 3.8) is 0 Å². The van der Waals surface area contributed by atoms with Crippen molar-refractivity contribution >= 4 is 11.3 Å². The van der Waals surface area contributed by atoms with E-state index in [4.69, 9.17) is 0 Å². The Morgan fingerprint density at radius 3 is 2.87 bits per heavy atom. The summed E-state index contributed by atoms with van der Waals surface area (Å²) in [6, 6.07) is 2.83. The van der Waals surface area contributed by atoms with Crippen molar-refractivity contribution in [2.45, 2.75) is 52.0 Å². The zero-order chi connectivity index (χ0) is 10.9. The van der Waals surface area contributed by atoms with Gasteiger partial charge in [-0.25, -0.2) is 0 Å². The maximum Gasteiger partial charge on any atom is 0.00794 e. The first kappa shape index (κ1) is 12.7. The molecule has 1 heterocycles. The highest BCUT2D eigenvalue weighted by atomic mass is 32.1. The minimum absolute atomic E-state index is 0.612. The monoisotopic (exact) mass is 225 g/mol. The van der Waals surface area contributed by atoms with E-state index < -0.39 is 0 Å². The molecular formula is C13H23NS. The van der Waals surface area contributed by atoms with Crippen LogP contribution < -0.4 is 5.32 Å². The number of nitrogens with one attached hydrogen (secondary N) is 1. The molecule has 1 unspecified atom stereocenters. The minimum atomic E-state index is 0.612. The molecule has 1 aromatic heterocycles.